The fourth-order valence-corrected chi connectivity index (χ4v) is 2.90. The van der Waals surface area contributed by atoms with Gasteiger partial charge in [0.1, 0.15) is 0 Å². The van der Waals surface area contributed by atoms with Gasteiger partial charge in [-0.25, -0.2) is 19.3 Å². The second-order valence-corrected chi connectivity index (χ2v) is 6.62. The lowest BCUT2D eigenvalue weighted by Gasteiger charge is -2.15. The summed E-state index contributed by atoms with van der Waals surface area (Å²) in [5, 5.41) is 23.3. The molecule has 0 spiro atoms. The van der Waals surface area contributed by atoms with Crippen LogP contribution in [0.2, 0.25) is 0 Å². The van der Waals surface area contributed by atoms with Crippen molar-refractivity contribution in [3.8, 4) is 23.0 Å². The van der Waals surface area contributed by atoms with Crippen molar-refractivity contribution in [1.29, 1.82) is 0 Å². The summed E-state index contributed by atoms with van der Waals surface area (Å²) in [4.78, 5) is 24.9. The van der Waals surface area contributed by atoms with E-state index in [0.29, 0.717) is 11.4 Å². The highest BCUT2D eigenvalue weighted by atomic mass is 19.1. The lowest BCUT2D eigenvalue weighted by atomic mass is 10.2. The Labute approximate surface area is 202 Å². The number of nitrogens with one attached hydrogen (secondary N) is 3. The van der Waals surface area contributed by atoms with Gasteiger partial charge in [-0.3, -0.25) is 4.79 Å². The molecular weight excluding hydrogens is 459 g/mol. The third-order valence-electron chi connectivity index (χ3n) is 4.45. The van der Waals surface area contributed by atoms with Crippen LogP contribution in [0.15, 0.2) is 42.9 Å². The molecule has 0 saturated carbocycles. The maximum atomic E-state index is 13.3. The van der Waals surface area contributed by atoms with Gasteiger partial charge in [0.05, 0.1) is 37.9 Å². The highest BCUT2D eigenvalue weighted by molar-refractivity contribution is 5.98. The van der Waals surface area contributed by atoms with Crippen LogP contribution in [0.4, 0.5) is 27.5 Å². The van der Waals surface area contributed by atoms with Crippen LogP contribution in [0.3, 0.4) is 0 Å². The average molecular weight is 481 g/mol. The lowest BCUT2D eigenvalue weighted by molar-refractivity contribution is 0.0958. The van der Waals surface area contributed by atoms with E-state index in [1.807, 2.05) is 5.32 Å². The first-order chi connectivity index (χ1) is 18.2. The van der Waals surface area contributed by atoms with Crippen molar-refractivity contribution in [3.05, 3.63) is 54.4 Å². The predicted octanol–water partition coefficient (Wildman–Crippen LogP) is 2.12. The van der Waals surface area contributed by atoms with Crippen LogP contribution in [-0.4, -0.2) is 62.4 Å². The molecule has 4 heterocycles. The molecule has 0 unspecified atom stereocenters. The second-order valence-electron chi connectivity index (χ2n) is 6.62. The van der Waals surface area contributed by atoms with E-state index >= 15 is 0 Å². The first-order valence-electron chi connectivity index (χ1n) is 11.3. The number of amides is 1. The molecule has 1 amide bonds. The Bertz CT molecular complexity index is 1440. The molecule has 178 valence electrons. The van der Waals surface area contributed by atoms with Crippen LogP contribution in [0.25, 0.3) is 11.4 Å². The molecule has 3 N–H and O–H groups in total. The number of pyridine rings is 1. The Morgan fingerprint density at radius 2 is 1.77 bits per heavy atom. The summed E-state index contributed by atoms with van der Waals surface area (Å²) in [5.74, 6) is -0.502. The van der Waals surface area contributed by atoms with E-state index in [0.717, 1.165) is 12.4 Å². The van der Waals surface area contributed by atoms with Crippen molar-refractivity contribution < 1.29 is 22.8 Å². The average Bonchev–Trinajstić information content (AvgIpc) is 2.88. The molecule has 0 atom stereocenters. The standard InChI is InChI=1S/C21H19FN10O3/c1-23-21(33)17-13(8-15(30-32-17)28-14-4-5-16(34-2)31-29-14)27-20-18(35-3)12(6-7-24-20)19-25-9-11(22)10-26-19/h4-10H,1-3H3,(H,23,33)(H2,24,27,28,29,30)/i1D3. The Kier molecular flexibility index (Phi) is 5.72. The van der Waals surface area contributed by atoms with Crippen LogP contribution in [0.5, 0.6) is 11.6 Å². The number of carbonyl (C=O) groups is 1. The highest BCUT2D eigenvalue weighted by Gasteiger charge is 2.19. The zero-order valence-electron chi connectivity index (χ0n) is 21.3. The van der Waals surface area contributed by atoms with Crippen molar-refractivity contribution >= 4 is 29.0 Å². The van der Waals surface area contributed by atoms with Gasteiger partial charge in [0, 0.05) is 29.4 Å². The fourth-order valence-electron chi connectivity index (χ4n) is 2.90. The molecule has 0 aliphatic heterocycles. The maximum absolute atomic E-state index is 13.3. The Hall–Kier alpha value is -5.01. The van der Waals surface area contributed by atoms with Gasteiger partial charge in [0.15, 0.2) is 40.5 Å². The molecule has 4 rings (SSSR count). The third-order valence-corrected chi connectivity index (χ3v) is 4.45. The van der Waals surface area contributed by atoms with Crippen molar-refractivity contribution in [2.75, 3.05) is 31.8 Å². The number of carbonyl (C=O) groups excluding carboxylic acids is 1. The number of halogens is 1. The van der Waals surface area contributed by atoms with E-state index in [1.54, 1.807) is 18.2 Å². The Morgan fingerprint density at radius 1 is 0.971 bits per heavy atom. The largest absolute Gasteiger partial charge is 0.492 e. The zero-order chi connectivity index (χ0) is 27.3. The molecule has 35 heavy (non-hydrogen) atoms. The van der Waals surface area contributed by atoms with Crippen LogP contribution in [0, 0.1) is 5.82 Å². The molecule has 4 aromatic rings. The summed E-state index contributed by atoms with van der Waals surface area (Å²) in [6.07, 6.45) is 3.41. The molecule has 0 bridgehead atoms. The van der Waals surface area contributed by atoms with Crippen molar-refractivity contribution in [2.45, 2.75) is 0 Å². The molecule has 0 fully saturated rings. The molecule has 14 heteroatoms. The van der Waals surface area contributed by atoms with E-state index in [-0.39, 0.29) is 40.4 Å². The van der Waals surface area contributed by atoms with Crippen LogP contribution < -0.4 is 25.4 Å². The summed E-state index contributed by atoms with van der Waals surface area (Å²) in [6.45, 7) is -2.78. The minimum Gasteiger partial charge on any atom is -0.492 e. The number of ether oxygens (including phenoxy) is 2. The van der Waals surface area contributed by atoms with Gasteiger partial charge < -0.3 is 25.4 Å². The normalized spacial score (nSPS) is 12.0. The first-order valence-corrected chi connectivity index (χ1v) is 9.80. The Morgan fingerprint density at radius 3 is 2.46 bits per heavy atom. The first kappa shape index (κ1) is 19.5. The number of aromatic nitrogens is 7. The van der Waals surface area contributed by atoms with Gasteiger partial charge in [0.2, 0.25) is 5.88 Å². The third kappa shape index (κ3) is 5.16. The highest BCUT2D eigenvalue weighted by Crippen LogP contribution is 2.35. The van der Waals surface area contributed by atoms with Gasteiger partial charge in [-0.05, 0) is 12.1 Å². The van der Waals surface area contributed by atoms with E-state index in [4.69, 9.17) is 13.6 Å². The Balaban J connectivity index is 1.73. The summed E-state index contributed by atoms with van der Waals surface area (Å²) in [5.41, 5.74) is 0.0424. The van der Waals surface area contributed by atoms with Crippen molar-refractivity contribution in [1.82, 2.24) is 40.7 Å². The smallest absolute Gasteiger partial charge is 0.273 e. The minimum atomic E-state index is -2.78. The molecule has 0 aliphatic rings. The van der Waals surface area contributed by atoms with Gasteiger partial charge in [-0.1, -0.05) is 0 Å². The lowest BCUT2D eigenvalue weighted by Crippen LogP contribution is -2.21. The van der Waals surface area contributed by atoms with E-state index in [2.05, 4.69) is 46.0 Å². The number of methoxy groups -OCH3 is 2. The summed E-state index contributed by atoms with van der Waals surface area (Å²) < 4.78 is 45.9. The van der Waals surface area contributed by atoms with Crippen molar-refractivity contribution in [2.24, 2.45) is 0 Å². The minimum absolute atomic E-state index is 0.0219. The molecule has 0 saturated heterocycles. The maximum Gasteiger partial charge on any atom is 0.273 e. The van der Waals surface area contributed by atoms with Crippen LogP contribution in [-0.2, 0) is 0 Å². The number of rotatable bonds is 8. The molecular formula is C21H19FN10O3. The second kappa shape index (κ2) is 10.3. The van der Waals surface area contributed by atoms with E-state index < -0.39 is 18.7 Å². The van der Waals surface area contributed by atoms with E-state index in [9.17, 15) is 9.18 Å². The predicted molar refractivity (Wildman–Crippen MR) is 122 cm³/mol. The summed E-state index contributed by atoms with van der Waals surface area (Å²) in [7, 11) is 2.82. The summed E-state index contributed by atoms with van der Waals surface area (Å²) >= 11 is 0. The molecule has 13 nitrogen and oxygen atoms in total. The van der Waals surface area contributed by atoms with Crippen LogP contribution >= 0.6 is 0 Å². The summed E-state index contributed by atoms with van der Waals surface area (Å²) in [6, 6.07) is 6.08. The zero-order valence-corrected chi connectivity index (χ0v) is 18.3. The number of anilines is 4. The topological polar surface area (TPSA) is 162 Å². The van der Waals surface area contributed by atoms with Crippen molar-refractivity contribution in [3.63, 3.8) is 0 Å². The number of hydrogen-bond donors (Lipinski definition) is 3. The number of nitrogens with zero attached hydrogens (tertiary/aromatic N) is 7. The molecule has 0 aliphatic carbocycles. The monoisotopic (exact) mass is 481 g/mol. The van der Waals surface area contributed by atoms with Gasteiger partial charge in [-0.2, -0.15) is 0 Å². The van der Waals surface area contributed by atoms with Crippen LogP contribution in [0.1, 0.15) is 14.6 Å². The SMILES string of the molecule is [2H]C([2H])([2H])NC(=O)c1nnc(Nc2ccc(OC)nn2)cc1Nc1nccc(-c2ncc(F)cn2)c1OC. The fraction of sp³-hybridized carbons (Fsp3) is 0.143. The quantitative estimate of drug-likeness (QED) is 0.336. The molecule has 4 aromatic heterocycles. The van der Waals surface area contributed by atoms with Gasteiger partial charge in [0.25, 0.3) is 5.91 Å². The molecule has 0 radical (unpaired) electrons. The van der Waals surface area contributed by atoms with E-state index in [1.165, 1.54) is 26.5 Å². The molecule has 0 aromatic carbocycles. The number of hydrogen-bond acceptors (Lipinski definition) is 12. The van der Waals surface area contributed by atoms with Gasteiger partial charge in [-0.15, -0.1) is 20.4 Å². The van der Waals surface area contributed by atoms with Gasteiger partial charge >= 0.3 is 0 Å².